The Balaban J connectivity index is 3.25. The number of hydrazine groups is 1. The third-order valence-corrected chi connectivity index (χ3v) is 1.26. The van der Waals surface area contributed by atoms with E-state index in [1.165, 1.54) is 6.92 Å². The molecule has 5 nitrogen and oxygen atoms in total. The zero-order chi connectivity index (χ0) is 10.1. The van der Waals surface area contributed by atoms with Gasteiger partial charge in [-0.1, -0.05) is 13.3 Å². The molecule has 0 aromatic heterocycles. The van der Waals surface area contributed by atoms with Gasteiger partial charge >= 0.3 is 5.97 Å². The SMILES string of the molecule is CCCCOC(=O)CNNC(C)=O. The standard InChI is InChI=1S/C8H16N2O3/c1-3-4-5-13-8(12)6-9-10-7(2)11/h9H,3-6H2,1-2H3,(H,10,11). The first-order chi connectivity index (χ1) is 6.16. The van der Waals surface area contributed by atoms with Gasteiger partial charge in [-0.3, -0.25) is 15.0 Å². The van der Waals surface area contributed by atoms with Crippen molar-refractivity contribution in [3.8, 4) is 0 Å². The second kappa shape index (κ2) is 7.54. The van der Waals surface area contributed by atoms with Gasteiger partial charge in [0.25, 0.3) is 0 Å². The smallest absolute Gasteiger partial charge is 0.321 e. The lowest BCUT2D eigenvalue weighted by Crippen LogP contribution is -2.39. The van der Waals surface area contributed by atoms with Crippen molar-refractivity contribution >= 4 is 11.9 Å². The maximum atomic E-state index is 10.9. The molecule has 5 heteroatoms. The van der Waals surface area contributed by atoms with E-state index in [2.05, 4.69) is 10.9 Å². The number of unbranched alkanes of at least 4 members (excludes halogenated alkanes) is 1. The molecule has 76 valence electrons. The summed E-state index contributed by atoms with van der Waals surface area (Å²) in [6.45, 7) is 3.82. The molecule has 0 aromatic carbocycles. The molecule has 0 rings (SSSR count). The van der Waals surface area contributed by atoms with E-state index in [1.807, 2.05) is 6.92 Å². The molecule has 0 aromatic rings. The molecule has 1 amide bonds. The molecule has 0 saturated carbocycles. The van der Waals surface area contributed by atoms with Gasteiger partial charge in [0.2, 0.25) is 5.91 Å². The Morgan fingerprint density at radius 2 is 2.08 bits per heavy atom. The number of nitrogens with one attached hydrogen (secondary N) is 2. The summed E-state index contributed by atoms with van der Waals surface area (Å²) >= 11 is 0. The summed E-state index contributed by atoms with van der Waals surface area (Å²) in [7, 11) is 0. The number of rotatable bonds is 6. The van der Waals surface area contributed by atoms with Gasteiger partial charge in [-0.15, -0.1) is 0 Å². The fraction of sp³-hybridized carbons (Fsp3) is 0.750. The van der Waals surface area contributed by atoms with E-state index in [0.717, 1.165) is 12.8 Å². The molecule has 0 aliphatic heterocycles. The Bertz CT molecular complexity index is 171. The van der Waals surface area contributed by atoms with Crippen molar-refractivity contribution in [2.75, 3.05) is 13.2 Å². The molecule has 0 unspecified atom stereocenters. The summed E-state index contributed by atoms with van der Waals surface area (Å²) in [6.07, 6.45) is 1.86. The van der Waals surface area contributed by atoms with Crippen LogP contribution in [-0.2, 0) is 14.3 Å². The fourth-order valence-corrected chi connectivity index (χ4v) is 0.622. The van der Waals surface area contributed by atoms with Crippen LogP contribution in [0.3, 0.4) is 0 Å². The van der Waals surface area contributed by atoms with Crippen LogP contribution in [0, 0.1) is 0 Å². The van der Waals surface area contributed by atoms with Gasteiger partial charge in [-0.05, 0) is 6.42 Å². The van der Waals surface area contributed by atoms with Crippen molar-refractivity contribution in [3.63, 3.8) is 0 Å². The van der Waals surface area contributed by atoms with Crippen LogP contribution in [0.5, 0.6) is 0 Å². The van der Waals surface area contributed by atoms with Crippen LogP contribution < -0.4 is 10.9 Å². The van der Waals surface area contributed by atoms with E-state index in [4.69, 9.17) is 4.74 Å². The maximum absolute atomic E-state index is 10.9. The van der Waals surface area contributed by atoms with Crippen LogP contribution in [0.2, 0.25) is 0 Å². The highest BCUT2D eigenvalue weighted by molar-refractivity contribution is 5.74. The lowest BCUT2D eigenvalue weighted by molar-refractivity contribution is -0.142. The number of hydrogen-bond donors (Lipinski definition) is 2. The minimum atomic E-state index is -0.359. The van der Waals surface area contributed by atoms with Crippen LogP contribution in [0.15, 0.2) is 0 Å². The fourth-order valence-electron chi connectivity index (χ4n) is 0.622. The summed E-state index contributed by atoms with van der Waals surface area (Å²) in [5.41, 5.74) is 4.71. The van der Waals surface area contributed by atoms with Crippen LogP contribution >= 0.6 is 0 Å². The van der Waals surface area contributed by atoms with Gasteiger partial charge in [-0.25, -0.2) is 5.43 Å². The third-order valence-electron chi connectivity index (χ3n) is 1.26. The van der Waals surface area contributed by atoms with Crippen LogP contribution in [0.4, 0.5) is 0 Å². The molecule has 0 saturated heterocycles. The molecule has 0 heterocycles. The van der Waals surface area contributed by atoms with E-state index >= 15 is 0 Å². The molecule has 0 fully saturated rings. The monoisotopic (exact) mass is 188 g/mol. The lowest BCUT2D eigenvalue weighted by atomic mass is 10.4. The van der Waals surface area contributed by atoms with Gasteiger partial charge in [0.15, 0.2) is 0 Å². The number of carbonyl (C=O) groups is 2. The summed E-state index contributed by atoms with van der Waals surface area (Å²) in [4.78, 5) is 21.2. The van der Waals surface area contributed by atoms with Gasteiger partial charge < -0.3 is 4.74 Å². The Hall–Kier alpha value is -1.10. The largest absolute Gasteiger partial charge is 0.465 e. The molecule has 0 atom stereocenters. The van der Waals surface area contributed by atoms with Crippen molar-refractivity contribution in [2.45, 2.75) is 26.7 Å². The highest BCUT2D eigenvalue weighted by Crippen LogP contribution is 1.87. The summed E-state index contributed by atoms with van der Waals surface area (Å²) in [5.74, 6) is -0.594. The normalized spacial score (nSPS) is 9.38. The lowest BCUT2D eigenvalue weighted by Gasteiger charge is -2.05. The third kappa shape index (κ3) is 8.81. The predicted molar refractivity (Wildman–Crippen MR) is 47.7 cm³/mol. The summed E-state index contributed by atoms with van der Waals surface area (Å²) in [6, 6.07) is 0. The average molecular weight is 188 g/mol. The van der Waals surface area contributed by atoms with Crippen molar-refractivity contribution in [3.05, 3.63) is 0 Å². The van der Waals surface area contributed by atoms with Gasteiger partial charge in [0.1, 0.15) is 6.54 Å². The van der Waals surface area contributed by atoms with Gasteiger partial charge in [-0.2, -0.15) is 0 Å². The molecular formula is C8H16N2O3. The van der Waals surface area contributed by atoms with Gasteiger partial charge in [0, 0.05) is 6.92 Å². The van der Waals surface area contributed by atoms with E-state index in [9.17, 15) is 9.59 Å². The maximum Gasteiger partial charge on any atom is 0.321 e. The first kappa shape index (κ1) is 11.9. The number of esters is 1. The summed E-state index contributed by atoms with van der Waals surface area (Å²) in [5, 5.41) is 0. The Labute approximate surface area is 77.8 Å². The highest BCUT2D eigenvalue weighted by atomic mass is 16.5. The first-order valence-electron chi connectivity index (χ1n) is 4.32. The zero-order valence-electron chi connectivity index (χ0n) is 8.05. The molecule has 0 bridgehead atoms. The molecule has 2 N–H and O–H groups in total. The van der Waals surface area contributed by atoms with Crippen molar-refractivity contribution < 1.29 is 14.3 Å². The highest BCUT2D eigenvalue weighted by Gasteiger charge is 2.00. The van der Waals surface area contributed by atoms with Crippen LogP contribution in [0.25, 0.3) is 0 Å². The second-order valence-corrected chi connectivity index (χ2v) is 2.61. The quantitative estimate of drug-likeness (QED) is 0.349. The topological polar surface area (TPSA) is 67.4 Å². The van der Waals surface area contributed by atoms with E-state index in [1.54, 1.807) is 0 Å². The van der Waals surface area contributed by atoms with E-state index in [-0.39, 0.29) is 18.4 Å². The second-order valence-electron chi connectivity index (χ2n) is 2.61. The molecule has 0 radical (unpaired) electrons. The Morgan fingerprint density at radius 3 is 2.62 bits per heavy atom. The minimum absolute atomic E-state index is 0.00327. The van der Waals surface area contributed by atoms with E-state index < -0.39 is 0 Å². The molecule has 0 aliphatic carbocycles. The Morgan fingerprint density at radius 1 is 1.38 bits per heavy atom. The summed E-state index contributed by atoms with van der Waals surface area (Å²) < 4.78 is 4.81. The number of ether oxygens (including phenoxy) is 1. The first-order valence-corrected chi connectivity index (χ1v) is 4.32. The zero-order valence-corrected chi connectivity index (χ0v) is 8.05. The average Bonchev–Trinajstić information content (AvgIpc) is 2.04. The molecule has 0 aliphatic rings. The predicted octanol–water partition coefficient (Wildman–Crippen LogP) is -0.0296. The number of amides is 1. The minimum Gasteiger partial charge on any atom is -0.465 e. The molecular weight excluding hydrogens is 172 g/mol. The van der Waals surface area contributed by atoms with Crippen molar-refractivity contribution in [1.29, 1.82) is 0 Å². The van der Waals surface area contributed by atoms with E-state index in [0.29, 0.717) is 6.61 Å². The molecule has 13 heavy (non-hydrogen) atoms. The number of carbonyl (C=O) groups excluding carboxylic acids is 2. The molecule has 0 spiro atoms. The Kier molecular flexibility index (Phi) is 6.91. The van der Waals surface area contributed by atoms with Crippen LogP contribution in [-0.4, -0.2) is 25.0 Å². The van der Waals surface area contributed by atoms with Crippen molar-refractivity contribution in [1.82, 2.24) is 10.9 Å². The van der Waals surface area contributed by atoms with Crippen molar-refractivity contribution in [2.24, 2.45) is 0 Å². The number of hydrogen-bond acceptors (Lipinski definition) is 4. The van der Waals surface area contributed by atoms with Gasteiger partial charge in [0.05, 0.1) is 6.61 Å². The van der Waals surface area contributed by atoms with Crippen LogP contribution in [0.1, 0.15) is 26.7 Å².